The molecule has 0 saturated carbocycles. The van der Waals surface area contributed by atoms with E-state index >= 15 is 0 Å². The van der Waals surface area contributed by atoms with Crippen molar-refractivity contribution < 1.29 is 9.90 Å². The number of aryl methyl sites for hydroxylation is 1. The Bertz CT molecular complexity index is 442. The second-order valence-electron chi connectivity index (χ2n) is 6.90. The van der Waals surface area contributed by atoms with Crippen LogP contribution in [0.3, 0.4) is 0 Å². The minimum atomic E-state index is -0.940. The molecule has 1 atom stereocenters. The molecule has 0 spiro atoms. The first-order valence-electron chi connectivity index (χ1n) is 9.69. The Kier molecular flexibility index (Phi) is 11.2. The van der Waals surface area contributed by atoms with Crippen molar-refractivity contribution in [3.05, 3.63) is 35.4 Å². The molecule has 0 aliphatic carbocycles. The van der Waals surface area contributed by atoms with Gasteiger partial charge in [0.1, 0.15) is 6.04 Å². The molecule has 3 heteroatoms. The molecular formula is C21H35NO2. The Morgan fingerprint density at radius 3 is 1.83 bits per heavy atom. The Morgan fingerprint density at radius 1 is 0.875 bits per heavy atom. The second-order valence-corrected chi connectivity index (χ2v) is 6.90. The lowest BCUT2D eigenvalue weighted by molar-refractivity contribution is -0.138. The van der Waals surface area contributed by atoms with Gasteiger partial charge in [0.05, 0.1) is 0 Å². The van der Waals surface area contributed by atoms with Crippen LogP contribution in [0.2, 0.25) is 0 Å². The molecule has 0 bridgehead atoms. The summed E-state index contributed by atoms with van der Waals surface area (Å²) in [6.07, 6.45) is 15.1. The van der Waals surface area contributed by atoms with E-state index in [1.54, 1.807) is 0 Å². The number of carboxylic acid groups (broad SMARTS) is 1. The first-order chi connectivity index (χ1) is 11.6. The smallest absolute Gasteiger partial charge is 0.320 e. The largest absolute Gasteiger partial charge is 0.480 e. The van der Waals surface area contributed by atoms with Gasteiger partial charge >= 0.3 is 5.97 Å². The van der Waals surface area contributed by atoms with Gasteiger partial charge in [-0.15, -0.1) is 0 Å². The minimum Gasteiger partial charge on any atom is -0.480 e. The van der Waals surface area contributed by atoms with Crippen LogP contribution in [0.5, 0.6) is 0 Å². The molecule has 1 aromatic carbocycles. The Hall–Kier alpha value is -1.35. The molecule has 24 heavy (non-hydrogen) atoms. The highest BCUT2D eigenvalue weighted by atomic mass is 16.4. The normalized spacial score (nSPS) is 12.2. The molecule has 3 nitrogen and oxygen atoms in total. The quantitative estimate of drug-likeness (QED) is 0.465. The van der Waals surface area contributed by atoms with Crippen LogP contribution in [0.4, 0.5) is 0 Å². The van der Waals surface area contributed by atoms with Gasteiger partial charge in [-0.3, -0.25) is 4.79 Å². The van der Waals surface area contributed by atoms with Crippen LogP contribution in [0.25, 0.3) is 0 Å². The molecular weight excluding hydrogens is 298 g/mol. The molecule has 0 radical (unpaired) electrons. The number of carboxylic acids is 1. The molecule has 0 aromatic heterocycles. The predicted octanol–water partition coefficient (Wildman–Crippen LogP) is 5.10. The fraction of sp³-hybridized carbons (Fsp3) is 0.667. The van der Waals surface area contributed by atoms with Gasteiger partial charge < -0.3 is 10.8 Å². The zero-order chi connectivity index (χ0) is 17.6. The number of rotatable bonds is 14. The number of hydrogen-bond acceptors (Lipinski definition) is 2. The SMILES string of the molecule is CCCCCCCCCCCCc1ccc(C[C@H](N)C(=O)O)cc1. The summed E-state index contributed by atoms with van der Waals surface area (Å²) in [4.78, 5) is 10.8. The van der Waals surface area contributed by atoms with Gasteiger partial charge in [0.2, 0.25) is 0 Å². The summed E-state index contributed by atoms with van der Waals surface area (Å²) in [5.74, 6) is -0.940. The van der Waals surface area contributed by atoms with E-state index in [1.807, 2.05) is 12.1 Å². The molecule has 0 unspecified atom stereocenters. The fourth-order valence-corrected chi connectivity index (χ4v) is 3.00. The summed E-state index contributed by atoms with van der Waals surface area (Å²) in [5.41, 5.74) is 7.89. The molecule has 3 N–H and O–H groups in total. The molecule has 1 rings (SSSR count). The summed E-state index contributed by atoms with van der Waals surface area (Å²) < 4.78 is 0. The molecule has 136 valence electrons. The summed E-state index contributed by atoms with van der Waals surface area (Å²) in [5, 5.41) is 8.83. The van der Waals surface area contributed by atoms with E-state index in [0.717, 1.165) is 12.0 Å². The summed E-state index contributed by atoms with van der Waals surface area (Å²) in [6.45, 7) is 2.26. The Balaban J connectivity index is 2.06. The lowest BCUT2D eigenvalue weighted by Gasteiger charge is -2.07. The number of aliphatic carboxylic acids is 1. The third kappa shape index (κ3) is 9.71. The lowest BCUT2D eigenvalue weighted by Crippen LogP contribution is -2.32. The summed E-state index contributed by atoms with van der Waals surface area (Å²) in [6, 6.07) is 7.43. The van der Waals surface area contributed by atoms with Gasteiger partial charge in [-0.2, -0.15) is 0 Å². The van der Waals surface area contributed by atoms with E-state index in [1.165, 1.54) is 69.8 Å². The Morgan fingerprint density at radius 2 is 1.33 bits per heavy atom. The van der Waals surface area contributed by atoms with Gasteiger partial charge in [-0.1, -0.05) is 89.0 Å². The molecule has 0 heterocycles. The zero-order valence-electron chi connectivity index (χ0n) is 15.3. The van der Waals surface area contributed by atoms with E-state index in [-0.39, 0.29) is 0 Å². The highest BCUT2D eigenvalue weighted by Crippen LogP contribution is 2.13. The van der Waals surface area contributed by atoms with Crippen molar-refractivity contribution in [3.63, 3.8) is 0 Å². The molecule has 0 fully saturated rings. The van der Waals surface area contributed by atoms with Gasteiger partial charge in [0.15, 0.2) is 0 Å². The average molecular weight is 334 g/mol. The number of carbonyl (C=O) groups is 1. The van der Waals surface area contributed by atoms with Crippen LogP contribution < -0.4 is 5.73 Å². The molecule has 0 aliphatic heterocycles. The van der Waals surface area contributed by atoms with E-state index in [0.29, 0.717) is 6.42 Å². The van der Waals surface area contributed by atoms with E-state index in [9.17, 15) is 4.79 Å². The van der Waals surface area contributed by atoms with Crippen LogP contribution in [0, 0.1) is 0 Å². The van der Waals surface area contributed by atoms with Gasteiger partial charge in [0, 0.05) is 0 Å². The highest BCUT2D eigenvalue weighted by molar-refractivity contribution is 5.73. The second kappa shape index (κ2) is 13.0. The van der Waals surface area contributed by atoms with Crippen molar-refractivity contribution >= 4 is 5.97 Å². The maximum atomic E-state index is 10.8. The van der Waals surface area contributed by atoms with Crippen LogP contribution in [0.15, 0.2) is 24.3 Å². The van der Waals surface area contributed by atoms with Gasteiger partial charge in [-0.25, -0.2) is 0 Å². The number of benzene rings is 1. The van der Waals surface area contributed by atoms with Crippen molar-refractivity contribution in [1.29, 1.82) is 0 Å². The van der Waals surface area contributed by atoms with Gasteiger partial charge in [0.25, 0.3) is 0 Å². The molecule has 1 aromatic rings. The van der Waals surface area contributed by atoms with Crippen molar-refractivity contribution in [2.24, 2.45) is 5.73 Å². The molecule has 0 saturated heterocycles. The average Bonchev–Trinajstić information content (AvgIpc) is 2.58. The highest BCUT2D eigenvalue weighted by Gasteiger charge is 2.11. The number of hydrogen-bond donors (Lipinski definition) is 2. The monoisotopic (exact) mass is 333 g/mol. The maximum Gasteiger partial charge on any atom is 0.320 e. The molecule has 0 amide bonds. The first kappa shape index (κ1) is 20.7. The van der Waals surface area contributed by atoms with Crippen LogP contribution in [-0.4, -0.2) is 17.1 Å². The fourth-order valence-electron chi connectivity index (χ4n) is 3.00. The van der Waals surface area contributed by atoms with Gasteiger partial charge in [-0.05, 0) is 30.4 Å². The summed E-state index contributed by atoms with van der Waals surface area (Å²) >= 11 is 0. The predicted molar refractivity (Wildman–Crippen MR) is 101 cm³/mol. The third-order valence-electron chi connectivity index (χ3n) is 4.61. The topological polar surface area (TPSA) is 63.3 Å². The van der Waals surface area contributed by atoms with Crippen molar-refractivity contribution in [1.82, 2.24) is 0 Å². The third-order valence-corrected chi connectivity index (χ3v) is 4.61. The number of unbranched alkanes of at least 4 members (excludes halogenated alkanes) is 9. The van der Waals surface area contributed by atoms with E-state index in [2.05, 4.69) is 19.1 Å². The minimum absolute atomic E-state index is 0.397. The first-order valence-corrected chi connectivity index (χ1v) is 9.69. The standard InChI is InChI=1S/C21H35NO2/c1-2-3-4-5-6-7-8-9-10-11-12-18-13-15-19(16-14-18)17-20(22)21(23)24/h13-16,20H,2-12,17,22H2,1H3,(H,23,24)/t20-/m0/s1. The lowest BCUT2D eigenvalue weighted by atomic mass is 10.0. The van der Waals surface area contributed by atoms with Crippen LogP contribution in [0.1, 0.15) is 82.3 Å². The maximum absolute atomic E-state index is 10.8. The van der Waals surface area contributed by atoms with Crippen LogP contribution >= 0.6 is 0 Å². The summed E-state index contributed by atoms with van der Waals surface area (Å²) in [7, 11) is 0. The zero-order valence-corrected chi connectivity index (χ0v) is 15.3. The van der Waals surface area contributed by atoms with E-state index in [4.69, 9.17) is 10.8 Å². The van der Waals surface area contributed by atoms with Crippen molar-refractivity contribution in [3.8, 4) is 0 Å². The molecule has 0 aliphatic rings. The van der Waals surface area contributed by atoms with Crippen LogP contribution in [-0.2, 0) is 17.6 Å². The van der Waals surface area contributed by atoms with Crippen molar-refractivity contribution in [2.75, 3.05) is 0 Å². The van der Waals surface area contributed by atoms with Crippen molar-refractivity contribution in [2.45, 2.75) is 90.0 Å². The Labute approximate surface area is 147 Å². The number of nitrogens with two attached hydrogens (primary N) is 1. The van der Waals surface area contributed by atoms with E-state index < -0.39 is 12.0 Å².